The highest BCUT2D eigenvalue weighted by atomic mass is 32.2. The molecule has 2 N–H and O–H groups in total. The number of aromatic nitrogens is 1. The zero-order chi connectivity index (χ0) is 26.0. The lowest BCUT2D eigenvalue weighted by Crippen LogP contribution is -2.39. The molecule has 0 unspecified atom stereocenters. The van der Waals surface area contributed by atoms with Crippen LogP contribution < -0.4 is 19.8 Å². The van der Waals surface area contributed by atoms with Crippen LogP contribution in [0.3, 0.4) is 0 Å². The third-order valence-electron chi connectivity index (χ3n) is 4.65. The molecule has 11 heteroatoms. The third kappa shape index (κ3) is 7.64. The second-order valence-corrected chi connectivity index (χ2v) is 9.77. The Morgan fingerprint density at radius 2 is 1.75 bits per heavy atom. The summed E-state index contributed by atoms with van der Waals surface area (Å²) in [4.78, 5) is 28.2. The normalized spacial score (nSPS) is 11.3. The number of pyridine rings is 1. The van der Waals surface area contributed by atoms with E-state index in [1.807, 2.05) is 13.8 Å². The van der Waals surface area contributed by atoms with Gasteiger partial charge in [-0.15, -0.1) is 0 Å². The summed E-state index contributed by atoms with van der Waals surface area (Å²) < 4.78 is 32.8. The monoisotopic (exact) mass is 509 g/mol. The quantitative estimate of drug-likeness (QED) is 0.301. The fourth-order valence-electron chi connectivity index (χ4n) is 3.04. The zero-order valence-corrected chi connectivity index (χ0v) is 20.7. The van der Waals surface area contributed by atoms with Crippen molar-refractivity contribution >= 4 is 33.7 Å². The summed E-state index contributed by atoms with van der Waals surface area (Å²) in [6, 6.07) is 17.7. The maximum atomic E-state index is 13.2. The first-order valence-electron chi connectivity index (χ1n) is 11.1. The Morgan fingerprint density at radius 1 is 1.03 bits per heavy atom. The van der Waals surface area contributed by atoms with Crippen molar-refractivity contribution in [1.82, 2.24) is 15.7 Å². The number of carbonyl (C=O) groups is 2. The van der Waals surface area contributed by atoms with E-state index in [9.17, 15) is 18.0 Å². The van der Waals surface area contributed by atoms with Crippen LogP contribution in [0.4, 0.5) is 5.69 Å². The first-order valence-corrected chi connectivity index (χ1v) is 12.5. The van der Waals surface area contributed by atoms with Crippen LogP contribution in [-0.4, -0.2) is 50.6 Å². The highest BCUT2D eigenvalue weighted by molar-refractivity contribution is 7.92. The van der Waals surface area contributed by atoms with Crippen molar-refractivity contribution in [1.29, 1.82) is 0 Å². The van der Waals surface area contributed by atoms with Gasteiger partial charge in [0.1, 0.15) is 12.3 Å². The molecule has 0 saturated carbocycles. The highest BCUT2D eigenvalue weighted by Crippen LogP contribution is 2.22. The van der Waals surface area contributed by atoms with Crippen LogP contribution in [0.1, 0.15) is 19.4 Å². The standard InChI is InChI=1S/C25H27N5O5S/c1-19(2)28-25(32)18-35-22-12-10-20(11-13-22)15-27-29-24(31)17-30(21-7-6-14-26-16-21)36(33,34)23-8-4-3-5-9-23/h3-16,19H,17-18H2,1-2H3,(H,28,32)(H,29,31)/b27-15-. The molecule has 1 heterocycles. The molecular weight excluding hydrogens is 482 g/mol. The SMILES string of the molecule is CC(C)NC(=O)COc1ccc(/C=N\NC(=O)CN(c2cccnc2)S(=O)(=O)c2ccccc2)cc1. The molecule has 3 rings (SSSR count). The van der Waals surface area contributed by atoms with Crippen LogP contribution in [0.2, 0.25) is 0 Å². The van der Waals surface area contributed by atoms with Gasteiger partial charge >= 0.3 is 0 Å². The first kappa shape index (κ1) is 26.4. The van der Waals surface area contributed by atoms with Crippen LogP contribution in [0.5, 0.6) is 5.75 Å². The van der Waals surface area contributed by atoms with Crippen molar-refractivity contribution in [3.63, 3.8) is 0 Å². The summed E-state index contributed by atoms with van der Waals surface area (Å²) in [6.07, 6.45) is 4.29. The number of sulfonamides is 1. The Balaban J connectivity index is 1.62. The molecule has 1 aromatic heterocycles. The molecule has 2 amide bonds. The molecule has 0 bridgehead atoms. The van der Waals surface area contributed by atoms with Gasteiger partial charge in [0.2, 0.25) is 0 Å². The second kappa shape index (κ2) is 12.5. The minimum Gasteiger partial charge on any atom is -0.484 e. The minimum atomic E-state index is -4.01. The van der Waals surface area contributed by atoms with Crippen molar-refractivity contribution in [2.75, 3.05) is 17.5 Å². The predicted octanol–water partition coefficient (Wildman–Crippen LogP) is 2.33. The lowest BCUT2D eigenvalue weighted by atomic mass is 10.2. The van der Waals surface area contributed by atoms with Gasteiger partial charge in [-0.2, -0.15) is 5.10 Å². The lowest BCUT2D eigenvalue weighted by molar-refractivity contribution is -0.123. The van der Waals surface area contributed by atoms with Gasteiger partial charge in [0.05, 0.1) is 23.0 Å². The van der Waals surface area contributed by atoms with E-state index in [4.69, 9.17) is 4.74 Å². The minimum absolute atomic E-state index is 0.0322. The molecule has 36 heavy (non-hydrogen) atoms. The Kier molecular flexibility index (Phi) is 9.12. The van der Waals surface area contributed by atoms with Crippen molar-refractivity contribution in [2.24, 2.45) is 5.10 Å². The number of rotatable bonds is 11. The van der Waals surface area contributed by atoms with E-state index in [2.05, 4.69) is 20.8 Å². The number of ether oxygens (including phenoxy) is 1. The highest BCUT2D eigenvalue weighted by Gasteiger charge is 2.27. The fraction of sp³-hybridized carbons (Fsp3) is 0.200. The van der Waals surface area contributed by atoms with Gasteiger partial charge in [0, 0.05) is 12.2 Å². The van der Waals surface area contributed by atoms with Crippen LogP contribution in [-0.2, 0) is 19.6 Å². The molecule has 0 radical (unpaired) electrons. The molecule has 10 nitrogen and oxygen atoms in total. The number of hydrogen-bond donors (Lipinski definition) is 2. The van der Waals surface area contributed by atoms with Gasteiger partial charge in [0.25, 0.3) is 21.8 Å². The average molecular weight is 510 g/mol. The zero-order valence-electron chi connectivity index (χ0n) is 19.9. The summed E-state index contributed by atoms with van der Waals surface area (Å²) >= 11 is 0. The van der Waals surface area contributed by atoms with E-state index in [1.54, 1.807) is 54.6 Å². The molecule has 0 spiro atoms. The molecule has 0 aliphatic carbocycles. The third-order valence-corrected chi connectivity index (χ3v) is 6.44. The van der Waals surface area contributed by atoms with Crippen LogP contribution in [0.15, 0.2) is 89.1 Å². The maximum absolute atomic E-state index is 13.2. The molecule has 0 saturated heterocycles. The number of carbonyl (C=O) groups excluding carboxylic acids is 2. The molecule has 0 fully saturated rings. The van der Waals surface area contributed by atoms with Gasteiger partial charge in [-0.3, -0.25) is 18.9 Å². The van der Waals surface area contributed by atoms with E-state index in [0.29, 0.717) is 11.3 Å². The van der Waals surface area contributed by atoms with Gasteiger partial charge in [-0.25, -0.2) is 13.8 Å². The van der Waals surface area contributed by atoms with Crippen LogP contribution in [0.25, 0.3) is 0 Å². The van der Waals surface area contributed by atoms with Crippen LogP contribution in [0, 0.1) is 0 Å². The smallest absolute Gasteiger partial charge is 0.264 e. The summed E-state index contributed by atoms with van der Waals surface area (Å²) in [5.41, 5.74) is 3.26. The Bertz CT molecular complexity index is 1280. The lowest BCUT2D eigenvalue weighted by Gasteiger charge is -2.23. The molecule has 0 aliphatic heterocycles. The number of nitrogens with one attached hydrogen (secondary N) is 2. The average Bonchev–Trinajstić information content (AvgIpc) is 2.87. The predicted molar refractivity (Wildman–Crippen MR) is 136 cm³/mol. The van der Waals surface area contributed by atoms with Crippen molar-refractivity contribution < 1.29 is 22.7 Å². The number of anilines is 1. The summed E-state index contributed by atoms with van der Waals surface area (Å²) in [6.45, 7) is 3.14. The van der Waals surface area contributed by atoms with E-state index < -0.39 is 22.5 Å². The number of benzene rings is 2. The fourth-order valence-corrected chi connectivity index (χ4v) is 4.47. The number of nitrogens with zero attached hydrogens (tertiary/aromatic N) is 3. The van der Waals surface area contributed by atoms with Crippen molar-refractivity contribution in [3.8, 4) is 5.75 Å². The van der Waals surface area contributed by atoms with Crippen molar-refractivity contribution in [3.05, 3.63) is 84.7 Å². The number of amides is 2. The molecule has 0 aliphatic rings. The van der Waals surface area contributed by atoms with Crippen LogP contribution >= 0.6 is 0 Å². The number of hydrogen-bond acceptors (Lipinski definition) is 7. The van der Waals surface area contributed by atoms with E-state index in [-0.39, 0.29) is 29.1 Å². The largest absolute Gasteiger partial charge is 0.484 e. The maximum Gasteiger partial charge on any atom is 0.264 e. The van der Waals surface area contributed by atoms with E-state index in [0.717, 1.165) is 4.31 Å². The summed E-state index contributed by atoms with van der Waals surface area (Å²) in [5, 5.41) is 6.65. The van der Waals surface area contributed by atoms with Gasteiger partial charge in [-0.05, 0) is 67.9 Å². The van der Waals surface area contributed by atoms with Crippen molar-refractivity contribution in [2.45, 2.75) is 24.8 Å². The Labute approximate surface area is 210 Å². The summed E-state index contributed by atoms with van der Waals surface area (Å²) in [5.74, 6) is -0.341. The molecule has 188 valence electrons. The van der Waals surface area contributed by atoms with Gasteiger partial charge in [-0.1, -0.05) is 18.2 Å². The molecule has 0 atom stereocenters. The van der Waals surface area contributed by atoms with E-state index in [1.165, 1.54) is 30.7 Å². The second-order valence-electron chi connectivity index (χ2n) is 7.91. The molecule has 2 aromatic carbocycles. The van der Waals surface area contributed by atoms with Gasteiger partial charge in [0.15, 0.2) is 6.61 Å². The topological polar surface area (TPSA) is 130 Å². The van der Waals surface area contributed by atoms with Gasteiger partial charge < -0.3 is 10.1 Å². The Hall–Kier alpha value is -4.25. The Morgan fingerprint density at radius 3 is 2.39 bits per heavy atom. The summed E-state index contributed by atoms with van der Waals surface area (Å²) in [7, 11) is -4.01. The molecule has 3 aromatic rings. The van der Waals surface area contributed by atoms with E-state index >= 15 is 0 Å². The first-order chi connectivity index (χ1) is 17.3. The number of hydrazone groups is 1. The molecular formula is C25H27N5O5S.